The maximum atomic E-state index is 14.3. The first-order chi connectivity index (χ1) is 21.8. The summed E-state index contributed by atoms with van der Waals surface area (Å²) in [6, 6.07) is 21.6. The highest BCUT2D eigenvalue weighted by atomic mass is 32.1. The summed E-state index contributed by atoms with van der Waals surface area (Å²) in [4.78, 5) is 45.0. The number of thiazole rings is 1. The number of esters is 1. The molecule has 0 saturated heterocycles. The number of ether oxygens (including phenoxy) is 2. The first kappa shape index (κ1) is 30.0. The van der Waals surface area contributed by atoms with Gasteiger partial charge in [0.15, 0.2) is 10.6 Å². The number of carbonyl (C=O) groups excluding carboxylic acids is 2. The smallest absolute Gasteiger partial charge is 0.338 e. The van der Waals surface area contributed by atoms with E-state index in [4.69, 9.17) is 18.9 Å². The molecule has 1 atom stereocenters. The Kier molecular flexibility index (Phi) is 8.36. The minimum atomic E-state index is -0.822. The van der Waals surface area contributed by atoms with Crippen LogP contribution in [-0.4, -0.2) is 30.0 Å². The molecule has 1 aliphatic heterocycles. The monoisotopic (exact) mass is 620 g/mol. The van der Waals surface area contributed by atoms with E-state index in [2.05, 4.69) is 0 Å². The molecule has 0 amide bonds. The van der Waals surface area contributed by atoms with Crippen molar-refractivity contribution in [2.24, 2.45) is 4.99 Å². The van der Waals surface area contributed by atoms with Crippen molar-refractivity contribution in [2.75, 3.05) is 13.7 Å². The van der Waals surface area contributed by atoms with E-state index in [9.17, 15) is 14.4 Å². The van der Waals surface area contributed by atoms with Gasteiger partial charge < -0.3 is 13.9 Å². The van der Waals surface area contributed by atoms with E-state index in [1.807, 2.05) is 61.5 Å². The number of fused-ring (bicyclic) bond motifs is 2. The molecule has 0 aliphatic carbocycles. The number of hydrogen-bond acceptors (Lipinski definition) is 8. The van der Waals surface area contributed by atoms with E-state index in [0.29, 0.717) is 55.4 Å². The zero-order chi connectivity index (χ0) is 31.7. The van der Waals surface area contributed by atoms with Gasteiger partial charge >= 0.3 is 5.97 Å². The van der Waals surface area contributed by atoms with Crippen LogP contribution in [0.4, 0.5) is 0 Å². The van der Waals surface area contributed by atoms with E-state index in [-0.39, 0.29) is 17.9 Å². The number of benzene rings is 3. The maximum absolute atomic E-state index is 14.3. The number of nitrogens with zero attached hydrogens (tertiary/aromatic N) is 2. The van der Waals surface area contributed by atoms with Crippen molar-refractivity contribution in [1.29, 1.82) is 0 Å². The van der Waals surface area contributed by atoms with Crippen molar-refractivity contribution in [3.8, 4) is 17.1 Å². The second kappa shape index (κ2) is 12.5. The van der Waals surface area contributed by atoms with Crippen LogP contribution in [0.2, 0.25) is 0 Å². The summed E-state index contributed by atoms with van der Waals surface area (Å²) in [6.07, 6.45) is 2.98. The summed E-state index contributed by atoms with van der Waals surface area (Å²) in [5, 5.41) is 1.81. The molecule has 0 saturated carbocycles. The molecule has 3 aromatic carbocycles. The van der Waals surface area contributed by atoms with Crippen molar-refractivity contribution in [2.45, 2.75) is 39.7 Å². The molecule has 1 aliphatic rings. The fourth-order valence-electron chi connectivity index (χ4n) is 5.71. The zero-order valence-corrected chi connectivity index (χ0v) is 26.3. The molecule has 9 heteroatoms. The Bertz CT molecular complexity index is 2150. The molecule has 2 aromatic heterocycles. The summed E-state index contributed by atoms with van der Waals surface area (Å²) >= 11 is 1.24. The van der Waals surface area contributed by atoms with Gasteiger partial charge in [-0.05, 0) is 49.2 Å². The lowest BCUT2D eigenvalue weighted by atomic mass is 9.90. The van der Waals surface area contributed by atoms with Crippen LogP contribution in [0.25, 0.3) is 28.2 Å². The Morgan fingerprint density at radius 1 is 1.02 bits per heavy atom. The van der Waals surface area contributed by atoms with Crippen LogP contribution in [0.1, 0.15) is 61.3 Å². The molecule has 0 radical (unpaired) electrons. The van der Waals surface area contributed by atoms with E-state index in [1.54, 1.807) is 42.9 Å². The Hall–Kier alpha value is -5.02. The van der Waals surface area contributed by atoms with Crippen molar-refractivity contribution in [3.05, 3.63) is 121 Å². The Morgan fingerprint density at radius 3 is 2.51 bits per heavy atom. The summed E-state index contributed by atoms with van der Waals surface area (Å²) in [6.45, 7) is 5.49. The topological polar surface area (TPSA) is 100 Å². The van der Waals surface area contributed by atoms with Crippen molar-refractivity contribution in [1.82, 2.24) is 4.57 Å². The molecule has 0 spiro atoms. The number of rotatable bonds is 9. The number of aromatic nitrogens is 1. The van der Waals surface area contributed by atoms with E-state index in [1.165, 1.54) is 18.3 Å². The first-order valence-electron chi connectivity index (χ1n) is 14.8. The van der Waals surface area contributed by atoms with Crippen molar-refractivity contribution < 1.29 is 23.5 Å². The molecule has 0 unspecified atom stereocenters. The van der Waals surface area contributed by atoms with Gasteiger partial charge in [0.25, 0.3) is 5.56 Å². The molecule has 0 N–H and O–H groups in total. The fourth-order valence-corrected chi connectivity index (χ4v) is 6.71. The molecule has 0 bridgehead atoms. The SMILES string of the molecule is CCCC1=C(C(=O)OCC)[C@H](c2c(OC)ccc3ccccc23)n2c(s/c(=C\c3ccc(-c4ccc(C(C)=O)cc4)o3)c2=O)=N1. The third kappa shape index (κ3) is 5.55. The second-order valence-corrected chi connectivity index (χ2v) is 11.7. The lowest BCUT2D eigenvalue weighted by Gasteiger charge is -2.28. The Labute approximate surface area is 263 Å². The van der Waals surface area contributed by atoms with Crippen LogP contribution in [-0.2, 0) is 9.53 Å². The summed E-state index contributed by atoms with van der Waals surface area (Å²) in [5.74, 6) is 1.13. The second-order valence-electron chi connectivity index (χ2n) is 10.7. The number of ketones is 1. The van der Waals surface area contributed by atoms with Gasteiger partial charge in [0.2, 0.25) is 0 Å². The maximum Gasteiger partial charge on any atom is 0.338 e. The quantitative estimate of drug-likeness (QED) is 0.144. The van der Waals surface area contributed by atoms with Crippen LogP contribution in [0.3, 0.4) is 0 Å². The minimum Gasteiger partial charge on any atom is -0.496 e. The van der Waals surface area contributed by atoms with E-state index >= 15 is 0 Å². The molecule has 0 fully saturated rings. The van der Waals surface area contributed by atoms with Crippen molar-refractivity contribution in [3.63, 3.8) is 0 Å². The van der Waals surface area contributed by atoms with E-state index < -0.39 is 12.0 Å². The highest BCUT2D eigenvalue weighted by Crippen LogP contribution is 2.41. The van der Waals surface area contributed by atoms with Gasteiger partial charge in [0.05, 0.1) is 29.5 Å². The molecule has 3 heterocycles. The number of Topliss-reactive ketones (excluding diaryl/α,β-unsaturated/α-hetero) is 1. The largest absolute Gasteiger partial charge is 0.496 e. The van der Waals surface area contributed by atoms with Gasteiger partial charge in [-0.25, -0.2) is 9.79 Å². The number of carbonyl (C=O) groups is 2. The number of allylic oxidation sites excluding steroid dienone is 1. The van der Waals surface area contributed by atoms with Gasteiger partial charge in [-0.3, -0.25) is 14.2 Å². The zero-order valence-electron chi connectivity index (χ0n) is 25.5. The van der Waals surface area contributed by atoms with Crippen LogP contribution < -0.4 is 19.6 Å². The van der Waals surface area contributed by atoms with E-state index in [0.717, 1.165) is 22.8 Å². The summed E-state index contributed by atoms with van der Waals surface area (Å²) < 4.78 is 19.5. The minimum absolute atomic E-state index is 0.00954. The van der Waals surface area contributed by atoms with Crippen molar-refractivity contribution >= 4 is 39.9 Å². The fraction of sp³-hybridized carbons (Fsp3) is 0.222. The molecular formula is C36H32N2O6S. The normalized spacial score (nSPS) is 14.8. The number of furan rings is 1. The summed E-state index contributed by atoms with van der Waals surface area (Å²) in [5.41, 5.74) is 2.75. The van der Waals surface area contributed by atoms with Gasteiger partial charge in [0.1, 0.15) is 23.3 Å². The predicted octanol–water partition coefficient (Wildman–Crippen LogP) is 6.20. The van der Waals surface area contributed by atoms with Gasteiger partial charge in [0, 0.05) is 22.8 Å². The lowest BCUT2D eigenvalue weighted by molar-refractivity contribution is -0.139. The van der Waals surface area contributed by atoms with Crippen LogP contribution in [0, 0.1) is 0 Å². The highest BCUT2D eigenvalue weighted by Gasteiger charge is 2.37. The molecular weight excluding hydrogens is 588 g/mol. The Morgan fingerprint density at radius 2 is 1.80 bits per heavy atom. The van der Waals surface area contributed by atoms with Gasteiger partial charge in [-0.15, -0.1) is 0 Å². The predicted molar refractivity (Wildman–Crippen MR) is 174 cm³/mol. The first-order valence-corrected chi connectivity index (χ1v) is 15.6. The highest BCUT2D eigenvalue weighted by molar-refractivity contribution is 7.07. The average Bonchev–Trinajstić information content (AvgIpc) is 3.64. The third-order valence-corrected chi connectivity index (χ3v) is 8.78. The molecule has 5 aromatic rings. The number of hydrogen-bond donors (Lipinski definition) is 0. The standard InChI is InChI=1S/C36H32N2O6S/c1-5-9-27-32(35(41)43-6-2)33(31-26-11-8-7-10-23(26)16-18-29(31)42-4)38-34(40)30(45-36(38)37-27)20-25-17-19-28(44-25)24-14-12-22(13-15-24)21(3)39/h7-8,10-20,33H,5-6,9H2,1-4H3/b30-20-/t33-/m0/s1. The van der Waals surface area contributed by atoms with Gasteiger partial charge in [-0.1, -0.05) is 79.3 Å². The molecule has 228 valence electrons. The van der Waals surface area contributed by atoms with Crippen LogP contribution in [0.15, 0.2) is 98.3 Å². The average molecular weight is 621 g/mol. The summed E-state index contributed by atoms with van der Waals surface area (Å²) in [7, 11) is 1.58. The Balaban J connectivity index is 1.56. The molecule has 45 heavy (non-hydrogen) atoms. The molecule has 8 nitrogen and oxygen atoms in total. The van der Waals surface area contributed by atoms with Gasteiger partial charge in [-0.2, -0.15) is 0 Å². The third-order valence-electron chi connectivity index (χ3n) is 7.79. The molecule has 6 rings (SSSR count). The number of methoxy groups -OCH3 is 1. The van der Waals surface area contributed by atoms with Crippen LogP contribution in [0.5, 0.6) is 5.75 Å². The lowest BCUT2D eigenvalue weighted by Crippen LogP contribution is -2.40. The van der Waals surface area contributed by atoms with Crippen LogP contribution >= 0.6 is 11.3 Å².